The van der Waals surface area contributed by atoms with Crippen LogP contribution in [0.5, 0.6) is 0 Å². The Labute approximate surface area is 189 Å². The van der Waals surface area contributed by atoms with E-state index >= 15 is 0 Å². The van der Waals surface area contributed by atoms with Gasteiger partial charge in [0.1, 0.15) is 4.32 Å². The highest BCUT2D eigenvalue weighted by Crippen LogP contribution is 2.36. The van der Waals surface area contributed by atoms with Crippen molar-refractivity contribution >= 4 is 67.4 Å². The summed E-state index contributed by atoms with van der Waals surface area (Å²) in [6.07, 6.45) is 1.91. The molecule has 4 nitrogen and oxygen atoms in total. The number of hydrogen-bond donors (Lipinski definition) is 1. The third kappa shape index (κ3) is 3.90. The maximum Gasteiger partial charge on any atom is 0.263 e. The second-order valence-corrected chi connectivity index (χ2v) is 10.2. The zero-order chi connectivity index (χ0) is 20.7. The van der Waals surface area contributed by atoms with Gasteiger partial charge >= 0.3 is 0 Å². The Balaban J connectivity index is 1.44. The van der Waals surface area contributed by atoms with Crippen molar-refractivity contribution < 1.29 is 4.79 Å². The van der Waals surface area contributed by atoms with Crippen LogP contribution in [-0.2, 0) is 4.79 Å². The molecule has 30 heavy (non-hydrogen) atoms. The average molecular weight is 452 g/mol. The van der Waals surface area contributed by atoms with E-state index in [4.69, 9.17) is 12.2 Å². The molecule has 1 aromatic heterocycles. The normalized spacial score (nSPS) is 19.1. The van der Waals surface area contributed by atoms with Crippen molar-refractivity contribution in [3.63, 3.8) is 0 Å². The molecular weight excluding hydrogens is 430 g/mol. The van der Waals surface area contributed by atoms with Gasteiger partial charge in [0.2, 0.25) is 0 Å². The van der Waals surface area contributed by atoms with E-state index in [1.54, 1.807) is 11.3 Å². The van der Waals surface area contributed by atoms with E-state index in [0.717, 1.165) is 31.7 Å². The van der Waals surface area contributed by atoms with Gasteiger partial charge < -0.3 is 15.1 Å². The van der Waals surface area contributed by atoms with Crippen LogP contribution in [0.25, 0.3) is 27.3 Å². The van der Waals surface area contributed by atoms with E-state index in [-0.39, 0.29) is 5.91 Å². The van der Waals surface area contributed by atoms with Gasteiger partial charge in [-0.15, -0.1) is 11.3 Å². The number of benzene rings is 2. The van der Waals surface area contributed by atoms with Crippen LogP contribution in [0.4, 0.5) is 5.69 Å². The molecule has 152 valence electrons. The van der Waals surface area contributed by atoms with Gasteiger partial charge in [0.05, 0.1) is 4.91 Å². The van der Waals surface area contributed by atoms with Crippen molar-refractivity contribution in [2.75, 3.05) is 38.1 Å². The molecule has 2 aliphatic heterocycles. The maximum atomic E-state index is 12.0. The van der Waals surface area contributed by atoms with Crippen molar-refractivity contribution in [3.05, 3.63) is 58.3 Å². The molecule has 2 saturated heterocycles. The van der Waals surface area contributed by atoms with Crippen LogP contribution in [-0.4, -0.2) is 48.4 Å². The lowest BCUT2D eigenvalue weighted by molar-refractivity contribution is -0.115. The fraction of sp³-hybridized carbons (Fsp3) is 0.217. The molecule has 0 spiro atoms. The number of carbonyl (C=O) groups excluding carboxylic acids is 1. The van der Waals surface area contributed by atoms with Gasteiger partial charge in [0.15, 0.2) is 0 Å². The third-order valence-corrected chi connectivity index (χ3v) is 7.71. The maximum absolute atomic E-state index is 12.0. The van der Waals surface area contributed by atoms with Crippen molar-refractivity contribution in [2.24, 2.45) is 0 Å². The van der Waals surface area contributed by atoms with Crippen molar-refractivity contribution in [2.45, 2.75) is 0 Å². The fourth-order valence-corrected chi connectivity index (χ4v) is 5.84. The van der Waals surface area contributed by atoms with Gasteiger partial charge in [0.25, 0.3) is 5.91 Å². The third-order valence-electron chi connectivity index (χ3n) is 5.58. The van der Waals surface area contributed by atoms with Gasteiger partial charge in [-0.05, 0) is 53.9 Å². The Kier molecular flexibility index (Phi) is 5.37. The van der Waals surface area contributed by atoms with Crippen molar-refractivity contribution in [1.29, 1.82) is 0 Å². The summed E-state index contributed by atoms with van der Waals surface area (Å²) in [7, 11) is 2.18. The number of piperazine rings is 1. The Morgan fingerprint density at radius 3 is 2.53 bits per heavy atom. The first-order valence-corrected chi connectivity index (χ1v) is 12.0. The zero-order valence-corrected chi connectivity index (χ0v) is 19.0. The van der Waals surface area contributed by atoms with Crippen LogP contribution in [0, 0.1) is 0 Å². The molecule has 0 bridgehead atoms. The fourth-order valence-electron chi connectivity index (χ4n) is 3.85. The van der Waals surface area contributed by atoms with Gasteiger partial charge in [-0.3, -0.25) is 4.79 Å². The highest BCUT2D eigenvalue weighted by Gasteiger charge is 2.22. The molecule has 0 aliphatic carbocycles. The Bertz CT molecular complexity index is 1160. The van der Waals surface area contributed by atoms with E-state index in [1.807, 2.05) is 6.08 Å². The second kappa shape index (κ2) is 8.15. The van der Waals surface area contributed by atoms with Crippen LogP contribution in [0.1, 0.15) is 5.56 Å². The summed E-state index contributed by atoms with van der Waals surface area (Å²) in [5.41, 5.74) is 4.76. The number of carbonyl (C=O) groups is 1. The number of thiocarbonyl (C=S) groups is 1. The number of thioether (sulfide) groups is 1. The minimum Gasteiger partial charge on any atom is -0.369 e. The average Bonchev–Trinajstić information content (AvgIpc) is 3.31. The molecule has 7 heteroatoms. The molecule has 2 aromatic carbocycles. The van der Waals surface area contributed by atoms with E-state index in [1.165, 1.54) is 38.7 Å². The number of anilines is 1. The molecular formula is C23H21N3OS3. The minimum absolute atomic E-state index is 0.116. The SMILES string of the molecule is CN1CCN(c2ccc(-c3csc4ccc(C=C5SC(=S)NC5=O)cc34)cc2)CC1. The summed E-state index contributed by atoms with van der Waals surface area (Å²) < 4.78 is 1.76. The van der Waals surface area contributed by atoms with Crippen LogP contribution >= 0.6 is 35.3 Å². The summed E-state index contributed by atoms with van der Waals surface area (Å²) in [6.45, 7) is 4.36. The lowest BCUT2D eigenvalue weighted by Crippen LogP contribution is -2.44. The van der Waals surface area contributed by atoms with Crippen molar-refractivity contribution in [1.82, 2.24) is 10.2 Å². The lowest BCUT2D eigenvalue weighted by Gasteiger charge is -2.34. The minimum atomic E-state index is -0.116. The number of amides is 1. The molecule has 5 rings (SSSR count). The quantitative estimate of drug-likeness (QED) is 0.457. The first-order valence-electron chi connectivity index (χ1n) is 9.87. The number of rotatable bonds is 3. The number of nitrogens with one attached hydrogen (secondary N) is 1. The molecule has 1 amide bonds. The molecule has 2 aliphatic rings. The van der Waals surface area contributed by atoms with Crippen LogP contribution in [0.2, 0.25) is 0 Å². The van der Waals surface area contributed by atoms with Crippen LogP contribution < -0.4 is 10.2 Å². The predicted molar refractivity (Wildman–Crippen MR) is 133 cm³/mol. The first kappa shape index (κ1) is 19.8. The van der Waals surface area contributed by atoms with E-state index < -0.39 is 0 Å². The van der Waals surface area contributed by atoms with Gasteiger partial charge in [-0.1, -0.05) is 42.2 Å². The highest BCUT2D eigenvalue weighted by molar-refractivity contribution is 8.26. The molecule has 0 atom stereocenters. The van der Waals surface area contributed by atoms with Crippen LogP contribution in [0.3, 0.4) is 0 Å². The van der Waals surface area contributed by atoms with E-state index in [9.17, 15) is 4.79 Å². The van der Waals surface area contributed by atoms with E-state index in [0.29, 0.717) is 9.23 Å². The monoisotopic (exact) mass is 451 g/mol. The second-order valence-electron chi connectivity index (χ2n) is 7.59. The van der Waals surface area contributed by atoms with Crippen molar-refractivity contribution in [3.8, 4) is 11.1 Å². The van der Waals surface area contributed by atoms with Gasteiger partial charge in [-0.25, -0.2) is 0 Å². The number of thiophene rings is 1. The number of fused-ring (bicyclic) bond motifs is 1. The Morgan fingerprint density at radius 1 is 1.07 bits per heavy atom. The Morgan fingerprint density at radius 2 is 1.83 bits per heavy atom. The zero-order valence-electron chi connectivity index (χ0n) is 16.6. The predicted octanol–water partition coefficient (Wildman–Crippen LogP) is 4.81. The molecule has 3 heterocycles. The summed E-state index contributed by atoms with van der Waals surface area (Å²) in [5.74, 6) is -0.116. The van der Waals surface area contributed by atoms with Gasteiger partial charge in [-0.2, -0.15) is 0 Å². The molecule has 0 unspecified atom stereocenters. The number of hydrogen-bond acceptors (Lipinski definition) is 6. The summed E-state index contributed by atoms with van der Waals surface area (Å²) in [5, 5.41) is 6.11. The first-order chi connectivity index (χ1) is 14.6. The molecule has 2 fully saturated rings. The molecule has 0 saturated carbocycles. The lowest BCUT2D eigenvalue weighted by atomic mass is 10.0. The smallest absolute Gasteiger partial charge is 0.263 e. The standard InChI is InChI=1S/C23H21N3OS3/c1-25-8-10-26(11-9-25)17-5-3-16(4-6-17)19-14-29-20-7-2-15(12-18(19)20)13-21-22(27)24-23(28)30-21/h2-7,12-14H,8-11H2,1H3,(H,24,27,28). The highest BCUT2D eigenvalue weighted by atomic mass is 32.2. The molecule has 1 N–H and O–H groups in total. The van der Waals surface area contributed by atoms with Crippen LogP contribution in [0.15, 0.2) is 52.7 Å². The topological polar surface area (TPSA) is 35.6 Å². The van der Waals surface area contributed by atoms with E-state index in [2.05, 4.69) is 70.0 Å². The number of likely N-dealkylation sites (N-methyl/N-ethyl adjacent to an activating group) is 1. The molecule has 0 radical (unpaired) electrons. The van der Waals surface area contributed by atoms with Gasteiger partial charge in [0, 0.05) is 47.5 Å². The molecule has 3 aromatic rings. The largest absolute Gasteiger partial charge is 0.369 e. The summed E-state index contributed by atoms with van der Waals surface area (Å²) >= 11 is 8.16. The Hall–Kier alpha value is -2.19. The summed E-state index contributed by atoms with van der Waals surface area (Å²) in [6, 6.07) is 15.3. The summed E-state index contributed by atoms with van der Waals surface area (Å²) in [4.78, 5) is 17.4. The number of nitrogens with zero attached hydrogens (tertiary/aromatic N) is 2.